The molecular formula is C17H31N3O2. The van der Waals surface area contributed by atoms with Crippen molar-refractivity contribution >= 4 is 11.8 Å². The van der Waals surface area contributed by atoms with Crippen LogP contribution in [0.25, 0.3) is 0 Å². The topological polar surface area (TPSA) is 52.7 Å². The Morgan fingerprint density at radius 1 is 1.32 bits per heavy atom. The normalized spacial score (nSPS) is 29.0. The quantitative estimate of drug-likeness (QED) is 0.847. The summed E-state index contributed by atoms with van der Waals surface area (Å²) in [6.45, 7) is 9.66. The number of hydrogen-bond acceptors (Lipinski definition) is 3. The van der Waals surface area contributed by atoms with Crippen molar-refractivity contribution in [2.24, 2.45) is 5.92 Å². The molecule has 1 N–H and O–H groups in total. The average Bonchev–Trinajstić information content (AvgIpc) is 2.48. The van der Waals surface area contributed by atoms with Crippen LogP contribution in [0.4, 0.5) is 4.79 Å². The van der Waals surface area contributed by atoms with E-state index in [1.54, 1.807) is 0 Å². The summed E-state index contributed by atoms with van der Waals surface area (Å²) in [5, 5.41) is 3.19. The molecule has 1 saturated heterocycles. The van der Waals surface area contributed by atoms with Crippen molar-refractivity contribution in [3.05, 3.63) is 0 Å². The van der Waals surface area contributed by atoms with Gasteiger partial charge in [0.2, 0.25) is 0 Å². The Morgan fingerprint density at radius 3 is 2.68 bits per heavy atom. The smallest absolute Gasteiger partial charge is 0.317 e. The summed E-state index contributed by atoms with van der Waals surface area (Å²) in [5.74, 6) is 0.817. The molecule has 0 aromatic heterocycles. The summed E-state index contributed by atoms with van der Waals surface area (Å²) in [4.78, 5) is 28.4. The van der Waals surface area contributed by atoms with E-state index in [4.69, 9.17) is 0 Å². The maximum absolute atomic E-state index is 12.3. The molecule has 1 aliphatic heterocycles. The summed E-state index contributed by atoms with van der Waals surface area (Å²) in [6.07, 6.45) is 4.50. The standard InChI is InChI=1S/C17H31N3O2/c1-4-9-20-12-14(18-17(22)19(5-2)6-3)10-13-11-15(21)7-8-16(13)20/h13-14,16H,4-12H2,1-3H3,(H,18,22)/t13-,14+,16-/m1/s1. The van der Waals surface area contributed by atoms with Crippen LogP contribution in [-0.2, 0) is 4.79 Å². The zero-order chi connectivity index (χ0) is 16.1. The molecule has 0 unspecified atom stereocenters. The van der Waals surface area contributed by atoms with Gasteiger partial charge in [0.15, 0.2) is 0 Å². The molecule has 126 valence electrons. The van der Waals surface area contributed by atoms with Crippen LogP contribution in [-0.4, -0.2) is 59.9 Å². The van der Waals surface area contributed by atoms with E-state index >= 15 is 0 Å². The highest BCUT2D eigenvalue weighted by Gasteiger charge is 2.39. The van der Waals surface area contributed by atoms with Gasteiger partial charge in [0, 0.05) is 44.6 Å². The van der Waals surface area contributed by atoms with E-state index in [2.05, 4.69) is 17.1 Å². The number of ketones is 1. The number of fused-ring (bicyclic) bond motifs is 1. The van der Waals surface area contributed by atoms with Gasteiger partial charge >= 0.3 is 6.03 Å². The maximum atomic E-state index is 12.3. The van der Waals surface area contributed by atoms with E-state index in [1.807, 2.05) is 18.7 Å². The number of nitrogens with one attached hydrogen (secondary N) is 1. The first-order valence-electron chi connectivity index (χ1n) is 8.90. The lowest BCUT2D eigenvalue weighted by atomic mass is 9.76. The first kappa shape index (κ1) is 17.3. The van der Waals surface area contributed by atoms with Crippen molar-refractivity contribution in [2.75, 3.05) is 26.2 Å². The molecule has 0 radical (unpaired) electrons. The number of urea groups is 1. The first-order chi connectivity index (χ1) is 10.6. The summed E-state index contributed by atoms with van der Waals surface area (Å²) in [6, 6.07) is 0.748. The Hall–Kier alpha value is -1.10. The van der Waals surface area contributed by atoms with E-state index in [0.29, 0.717) is 24.2 Å². The predicted molar refractivity (Wildman–Crippen MR) is 87.9 cm³/mol. The van der Waals surface area contributed by atoms with Crippen LogP contribution in [0.1, 0.15) is 52.9 Å². The van der Waals surface area contributed by atoms with Gasteiger partial charge in [-0.2, -0.15) is 0 Å². The highest BCUT2D eigenvalue weighted by atomic mass is 16.2. The van der Waals surface area contributed by atoms with E-state index < -0.39 is 0 Å². The summed E-state index contributed by atoms with van der Waals surface area (Å²) >= 11 is 0. The van der Waals surface area contributed by atoms with Crippen LogP contribution in [0.15, 0.2) is 0 Å². The molecule has 0 spiro atoms. The van der Waals surface area contributed by atoms with Gasteiger partial charge in [-0.1, -0.05) is 6.92 Å². The minimum Gasteiger partial charge on any atom is -0.334 e. The van der Waals surface area contributed by atoms with Crippen molar-refractivity contribution in [2.45, 2.75) is 65.0 Å². The lowest BCUT2D eigenvalue weighted by molar-refractivity contribution is -0.124. The zero-order valence-electron chi connectivity index (χ0n) is 14.3. The van der Waals surface area contributed by atoms with Gasteiger partial charge in [0.25, 0.3) is 0 Å². The zero-order valence-corrected chi connectivity index (χ0v) is 14.3. The fourth-order valence-corrected chi connectivity index (χ4v) is 4.08. The molecule has 2 amide bonds. The second-order valence-electron chi connectivity index (χ2n) is 6.66. The van der Waals surface area contributed by atoms with E-state index in [0.717, 1.165) is 51.9 Å². The summed E-state index contributed by atoms with van der Waals surface area (Å²) in [5.41, 5.74) is 0. The lowest BCUT2D eigenvalue weighted by Gasteiger charge is -2.47. The number of piperidine rings is 1. The largest absolute Gasteiger partial charge is 0.334 e. The molecular weight excluding hydrogens is 278 g/mol. The average molecular weight is 309 g/mol. The molecule has 1 saturated carbocycles. The summed E-state index contributed by atoms with van der Waals surface area (Å²) in [7, 11) is 0. The highest BCUT2D eigenvalue weighted by Crippen LogP contribution is 2.34. The van der Waals surface area contributed by atoms with Gasteiger partial charge in [0.1, 0.15) is 5.78 Å². The van der Waals surface area contributed by atoms with Crippen LogP contribution < -0.4 is 5.32 Å². The van der Waals surface area contributed by atoms with Crippen LogP contribution in [0.3, 0.4) is 0 Å². The minimum atomic E-state index is 0.0343. The van der Waals surface area contributed by atoms with Gasteiger partial charge < -0.3 is 10.2 Å². The number of likely N-dealkylation sites (tertiary alicyclic amines) is 1. The Kier molecular flexibility index (Phi) is 6.24. The fourth-order valence-electron chi connectivity index (χ4n) is 4.08. The summed E-state index contributed by atoms with van der Waals surface area (Å²) < 4.78 is 0. The third-order valence-corrected chi connectivity index (χ3v) is 5.15. The Bertz CT molecular complexity index is 395. The fraction of sp³-hybridized carbons (Fsp3) is 0.882. The van der Waals surface area contributed by atoms with Gasteiger partial charge in [0.05, 0.1) is 0 Å². The van der Waals surface area contributed by atoms with Crippen molar-refractivity contribution in [1.82, 2.24) is 15.1 Å². The molecule has 3 atom stereocenters. The van der Waals surface area contributed by atoms with Gasteiger partial charge in [-0.05, 0) is 45.6 Å². The molecule has 1 aliphatic carbocycles. The number of nitrogens with zero attached hydrogens (tertiary/aromatic N) is 2. The van der Waals surface area contributed by atoms with Gasteiger partial charge in [-0.25, -0.2) is 4.79 Å². The monoisotopic (exact) mass is 309 g/mol. The van der Waals surface area contributed by atoms with Gasteiger partial charge in [-0.3, -0.25) is 9.69 Å². The molecule has 2 rings (SSSR count). The molecule has 5 nitrogen and oxygen atoms in total. The SMILES string of the molecule is CCCN1C[C@@H](NC(=O)N(CC)CC)C[C@@H]2CC(=O)CC[C@H]21. The number of carbonyl (C=O) groups excluding carboxylic acids is 2. The molecule has 1 heterocycles. The van der Waals surface area contributed by atoms with Crippen LogP contribution in [0, 0.1) is 5.92 Å². The Morgan fingerprint density at radius 2 is 2.05 bits per heavy atom. The molecule has 0 aromatic rings. The molecule has 2 aliphatic rings. The number of hydrogen-bond donors (Lipinski definition) is 1. The Labute approximate surface area is 134 Å². The molecule has 0 aromatic carbocycles. The van der Waals surface area contributed by atoms with Crippen LogP contribution >= 0.6 is 0 Å². The third kappa shape index (κ3) is 4.00. The Balaban J connectivity index is 2.00. The van der Waals surface area contributed by atoms with Crippen molar-refractivity contribution in [3.63, 3.8) is 0 Å². The van der Waals surface area contributed by atoms with E-state index in [9.17, 15) is 9.59 Å². The number of rotatable bonds is 5. The third-order valence-electron chi connectivity index (χ3n) is 5.15. The lowest BCUT2D eigenvalue weighted by Crippen LogP contribution is -2.58. The van der Waals surface area contributed by atoms with E-state index in [-0.39, 0.29) is 12.1 Å². The molecule has 2 fully saturated rings. The maximum Gasteiger partial charge on any atom is 0.317 e. The minimum absolute atomic E-state index is 0.0343. The van der Waals surface area contributed by atoms with Crippen LogP contribution in [0.5, 0.6) is 0 Å². The molecule has 5 heteroatoms. The number of Topliss-reactive ketones (excluding diaryl/α,β-unsaturated/α-hetero) is 1. The van der Waals surface area contributed by atoms with Crippen molar-refractivity contribution < 1.29 is 9.59 Å². The highest BCUT2D eigenvalue weighted by molar-refractivity contribution is 5.79. The molecule has 22 heavy (non-hydrogen) atoms. The van der Waals surface area contributed by atoms with Crippen molar-refractivity contribution in [3.8, 4) is 0 Å². The van der Waals surface area contributed by atoms with Gasteiger partial charge in [-0.15, -0.1) is 0 Å². The van der Waals surface area contributed by atoms with Crippen molar-refractivity contribution in [1.29, 1.82) is 0 Å². The second kappa shape index (κ2) is 7.95. The first-order valence-corrected chi connectivity index (χ1v) is 8.90. The number of carbonyl (C=O) groups is 2. The van der Waals surface area contributed by atoms with E-state index in [1.165, 1.54) is 0 Å². The number of amides is 2. The predicted octanol–water partition coefficient (Wildman–Crippen LogP) is 2.26. The second-order valence-corrected chi connectivity index (χ2v) is 6.66. The van der Waals surface area contributed by atoms with Crippen LogP contribution in [0.2, 0.25) is 0 Å². The molecule has 0 bridgehead atoms.